The fraction of sp³-hybridized carbons (Fsp3) is 0.462. The molecular formula is C26H34O4. The van der Waals surface area contributed by atoms with Crippen LogP contribution >= 0.6 is 0 Å². The first-order chi connectivity index (χ1) is 14.6. The van der Waals surface area contributed by atoms with E-state index in [1.807, 2.05) is 36.4 Å². The van der Waals surface area contributed by atoms with Gasteiger partial charge in [0, 0.05) is 6.42 Å². The molecule has 0 spiro atoms. The van der Waals surface area contributed by atoms with E-state index in [4.69, 9.17) is 9.47 Å². The molecule has 0 saturated carbocycles. The SMILES string of the molecule is CCCC(CC(CC(CC)CC)OC(=O)c1ccccc1)OC(=O)c1ccccc1. The molecule has 4 nitrogen and oxygen atoms in total. The topological polar surface area (TPSA) is 52.6 Å². The molecule has 0 aliphatic carbocycles. The maximum Gasteiger partial charge on any atom is 0.338 e. The van der Waals surface area contributed by atoms with E-state index >= 15 is 0 Å². The Labute approximate surface area is 180 Å². The van der Waals surface area contributed by atoms with Gasteiger partial charge in [0.15, 0.2) is 0 Å². The summed E-state index contributed by atoms with van der Waals surface area (Å²) in [5, 5.41) is 0. The molecule has 0 aromatic heterocycles. The second-order valence-corrected chi connectivity index (χ2v) is 7.73. The van der Waals surface area contributed by atoms with Crippen LogP contribution in [0.2, 0.25) is 0 Å². The van der Waals surface area contributed by atoms with Crippen molar-refractivity contribution >= 4 is 11.9 Å². The standard InChI is InChI=1S/C26H34O4/c1-4-13-23(29-25(27)21-14-9-7-10-15-21)19-24(18-20(5-2)6-3)30-26(28)22-16-11-8-12-17-22/h7-12,14-17,20,23-24H,4-6,13,18-19H2,1-3H3. The molecule has 2 aromatic carbocycles. The van der Waals surface area contributed by atoms with Crippen molar-refractivity contribution in [2.75, 3.05) is 0 Å². The first-order valence-electron chi connectivity index (χ1n) is 11.1. The number of hydrogen-bond acceptors (Lipinski definition) is 4. The summed E-state index contributed by atoms with van der Waals surface area (Å²) in [5.41, 5.74) is 1.08. The second-order valence-electron chi connectivity index (χ2n) is 7.73. The lowest BCUT2D eigenvalue weighted by atomic mass is 9.92. The Bertz CT molecular complexity index is 753. The number of benzene rings is 2. The summed E-state index contributed by atoms with van der Waals surface area (Å²) < 4.78 is 11.7. The third-order valence-corrected chi connectivity index (χ3v) is 5.45. The lowest BCUT2D eigenvalue weighted by Gasteiger charge is -2.26. The van der Waals surface area contributed by atoms with Crippen LogP contribution in [0.1, 0.15) is 80.0 Å². The summed E-state index contributed by atoms with van der Waals surface area (Å²) in [6.45, 7) is 6.38. The van der Waals surface area contributed by atoms with Crippen molar-refractivity contribution in [2.45, 2.75) is 71.5 Å². The molecule has 0 saturated heterocycles. The molecule has 2 aromatic rings. The average Bonchev–Trinajstić information content (AvgIpc) is 2.78. The summed E-state index contributed by atoms with van der Waals surface area (Å²) >= 11 is 0. The molecule has 2 rings (SSSR count). The van der Waals surface area contributed by atoms with Crippen LogP contribution in [0.4, 0.5) is 0 Å². The van der Waals surface area contributed by atoms with Gasteiger partial charge in [-0.25, -0.2) is 9.59 Å². The predicted octanol–water partition coefficient (Wildman–Crippen LogP) is 6.45. The summed E-state index contributed by atoms with van der Waals surface area (Å²) in [5.74, 6) is -0.188. The smallest absolute Gasteiger partial charge is 0.338 e. The summed E-state index contributed by atoms with van der Waals surface area (Å²) in [7, 11) is 0. The Balaban J connectivity index is 2.11. The van der Waals surface area contributed by atoms with Gasteiger partial charge in [-0.05, 0) is 43.0 Å². The van der Waals surface area contributed by atoms with Crippen LogP contribution in [0.15, 0.2) is 60.7 Å². The molecule has 0 N–H and O–H groups in total. The number of carbonyl (C=O) groups excluding carboxylic acids is 2. The lowest BCUT2D eigenvalue weighted by Crippen LogP contribution is -2.29. The maximum absolute atomic E-state index is 12.7. The van der Waals surface area contributed by atoms with Crippen LogP contribution < -0.4 is 0 Å². The Morgan fingerprint density at radius 3 is 1.60 bits per heavy atom. The fourth-order valence-corrected chi connectivity index (χ4v) is 3.61. The monoisotopic (exact) mass is 410 g/mol. The van der Waals surface area contributed by atoms with Crippen molar-refractivity contribution in [3.05, 3.63) is 71.8 Å². The van der Waals surface area contributed by atoms with Crippen molar-refractivity contribution in [3.8, 4) is 0 Å². The zero-order chi connectivity index (χ0) is 21.8. The highest BCUT2D eigenvalue weighted by atomic mass is 16.6. The zero-order valence-corrected chi connectivity index (χ0v) is 18.4. The van der Waals surface area contributed by atoms with E-state index in [0.29, 0.717) is 23.5 Å². The summed E-state index contributed by atoms with van der Waals surface area (Å²) in [6, 6.07) is 18.1. The van der Waals surface area contributed by atoms with Crippen LogP contribution in [-0.2, 0) is 9.47 Å². The van der Waals surface area contributed by atoms with Gasteiger partial charge in [0.1, 0.15) is 12.2 Å². The first kappa shape index (κ1) is 23.7. The molecule has 0 fully saturated rings. The molecule has 162 valence electrons. The quantitative estimate of drug-likeness (QED) is 0.377. The van der Waals surface area contributed by atoms with Gasteiger partial charge < -0.3 is 9.47 Å². The normalized spacial score (nSPS) is 12.9. The third kappa shape index (κ3) is 7.66. The molecule has 0 aliphatic heterocycles. The highest BCUT2D eigenvalue weighted by Gasteiger charge is 2.25. The van der Waals surface area contributed by atoms with Crippen LogP contribution in [0.5, 0.6) is 0 Å². The molecule has 30 heavy (non-hydrogen) atoms. The van der Waals surface area contributed by atoms with Gasteiger partial charge in [0.25, 0.3) is 0 Å². The minimum Gasteiger partial charge on any atom is -0.459 e. The second kappa shape index (κ2) is 12.8. The van der Waals surface area contributed by atoms with Gasteiger partial charge in [0.2, 0.25) is 0 Å². The molecule has 0 heterocycles. The molecule has 0 aliphatic rings. The number of hydrogen-bond donors (Lipinski definition) is 0. The van der Waals surface area contributed by atoms with E-state index in [1.165, 1.54) is 0 Å². The Kier molecular flexibility index (Phi) is 10.1. The van der Waals surface area contributed by atoms with E-state index in [-0.39, 0.29) is 24.1 Å². The van der Waals surface area contributed by atoms with Crippen molar-refractivity contribution in [2.24, 2.45) is 5.92 Å². The highest BCUT2D eigenvalue weighted by Crippen LogP contribution is 2.24. The Morgan fingerprint density at radius 2 is 1.17 bits per heavy atom. The van der Waals surface area contributed by atoms with E-state index in [2.05, 4.69) is 20.8 Å². The molecule has 2 unspecified atom stereocenters. The number of carbonyl (C=O) groups is 2. The highest BCUT2D eigenvalue weighted by molar-refractivity contribution is 5.90. The summed E-state index contributed by atoms with van der Waals surface area (Å²) in [4.78, 5) is 25.2. The zero-order valence-electron chi connectivity index (χ0n) is 18.4. The van der Waals surface area contributed by atoms with Gasteiger partial charge in [-0.3, -0.25) is 0 Å². The van der Waals surface area contributed by atoms with Crippen molar-refractivity contribution in [1.82, 2.24) is 0 Å². The van der Waals surface area contributed by atoms with Crippen molar-refractivity contribution in [1.29, 1.82) is 0 Å². The molecule has 0 radical (unpaired) electrons. The fourth-order valence-electron chi connectivity index (χ4n) is 3.61. The van der Waals surface area contributed by atoms with Crippen LogP contribution in [-0.4, -0.2) is 24.1 Å². The predicted molar refractivity (Wildman–Crippen MR) is 120 cm³/mol. The van der Waals surface area contributed by atoms with E-state index in [9.17, 15) is 9.59 Å². The number of ether oxygens (including phenoxy) is 2. The molecule has 2 atom stereocenters. The minimum atomic E-state index is -0.329. The third-order valence-electron chi connectivity index (χ3n) is 5.45. The number of rotatable bonds is 12. The van der Waals surface area contributed by atoms with Gasteiger partial charge >= 0.3 is 11.9 Å². The van der Waals surface area contributed by atoms with E-state index in [0.717, 1.165) is 32.1 Å². The maximum atomic E-state index is 12.7. The molecule has 0 bridgehead atoms. The van der Waals surface area contributed by atoms with Crippen molar-refractivity contribution in [3.63, 3.8) is 0 Å². The van der Waals surface area contributed by atoms with E-state index in [1.54, 1.807) is 24.3 Å². The Hall–Kier alpha value is -2.62. The average molecular weight is 411 g/mol. The van der Waals surface area contributed by atoms with Gasteiger partial charge in [0.05, 0.1) is 11.1 Å². The van der Waals surface area contributed by atoms with Crippen LogP contribution in [0, 0.1) is 5.92 Å². The first-order valence-corrected chi connectivity index (χ1v) is 11.1. The van der Waals surface area contributed by atoms with Crippen LogP contribution in [0.3, 0.4) is 0 Å². The Morgan fingerprint density at radius 1 is 0.700 bits per heavy atom. The lowest BCUT2D eigenvalue weighted by molar-refractivity contribution is -0.00786. The van der Waals surface area contributed by atoms with Gasteiger partial charge in [-0.2, -0.15) is 0 Å². The van der Waals surface area contributed by atoms with Crippen LogP contribution in [0.25, 0.3) is 0 Å². The number of esters is 2. The molecular weight excluding hydrogens is 376 g/mol. The summed E-state index contributed by atoms with van der Waals surface area (Å²) in [6.07, 6.45) is 4.39. The van der Waals surface area contributed by atoms with E-state index < -0.39 is 0 Å². The minimum absolute atomic E-state index is 0.286. The molecule has 4 heteroatoms. The largest absolute Gasteiger partial charge is 0.459 e. The molecule has 0 amide bonds. The van der Waals surface area contributed by atoms with Crippen molar-refractivity contribution < 1.29 is 19.1 Å². The van der Waals surface area contributed by atoms with Gasteiger partial charge in [-0.1, -0.05) is 76.4 Å². The van der Waals surface area contributed by atoms with Gasteiger partial charge in [-0.15, -0.1) is 0 Å².